The van der Waals surface area contributed by atoms with E-state index in [0.29, 0.717) is 30.9 Å². The van der Waals surface area contributed by atoms with Crippen LogP contribution in [0.3, 0.4) is 0 Å². The minimum Gasteiger partial charge on any atom is -0.493 e. The standard InChI is InChI=1S/C14H17NO5/c1-19-11-6-2-3-7-12(11)20-9-13(16)15-8-4-5-10(15)14(17)18/h2-3,6-7,10H,4-5,8-9H2,1H3,(H,17,18)/t10-/m1/s1. The number of hydrogen-bond acceptors (Lipinski definition) is 4. The third-order valence-corrected chi connectivity index (χ3v) is 3.28. The van der Waals surface area contributed by atoms with Gasteiger partial charge in [0.15, 0.2) is 18.1 Å². The third kappa shape index (κ3) is 3.01. The molecule has 1 amide bonds. The van der Waals surface area contributed by atoms with Gasteiger partial charge in [0.25, 0.3) is 5.91 Å². The first-order chi connectivity index (χ1) is 9.63. The monoisotopic (exact) mass is 279 g/mol. The number of carboxylic acids is 1. The minimum atomic E-state index is -0.965. The van der Waals surface area contributed by atoms with E-state index >= 15 is 0 Å². The van der Waals surface area contributed by atoms with E-state index in [2.05, 4.69) is 0 Å². The maximum absolute atomic E-state index is 12.0. The summed E-state index contributed by atoms with van der Waals surface area (Å²) in [5.74, 6) is -0.278. The first-order valence-electron chi connectivity index (χ1n) is 6.41. The number of para-hydroxylation sites is 2. The van der Waals surface area contributed by atoms with Gasteiger partial charge in [0, 0.05) is 6.54 Å². The summed E-state index contributed by atoms with van der Waals surface area (Å²) < 4.78 is 10.5. The number of amides is 1. The zero-order valence-electron chi connectivity index (χ0n) is 11.2. The summed E-state index contributed by atoms with van der Waals surface area (Å²) in [6.07, 6.45) is 1.20. The number of rotatable bonds is 5. The van der Waals surface area contributed by atoms with Crippen LogP contribution in [0.5, 0.6) is 11.5 Å². The Balaban J connectivity index is 1.97. The molecular weight excluding hydrogens is 262 g/mol. The normalized spacial score (nSPS) is 17.9. The fraction of sp³-hybridized carbons (Fsp3) is 0.429. The molecule has 1 fully saturated rings. The van der Waals surface area contributed by atoms with E-state index in [4.69, 9.17) is 14.6 Å². The highest BCUT2D eigenvalue weighted by Crippen LogP contribution is 2.26. The minimum absolute atomic E-state index is 0.190. The van der Waals surface area contributed by atoms with Gasteiger partial charge in [0.1, 0.15) is 6.04 Å². The number of carboxylic acid groups (broad SMARTS) is 1. The van der Waals surface area contributed by atoms with E-state index in [1.54, 1.807) is 24.3 Å². The average molecular weight is 279 g/mol. The van der Waals surface area contributed by atoms with Gasteiger partial charge in [-0.25, -0.2) is 4.79 Å². The van der Waals surface area contributed by atoms with Crippen molar-refractivity contribution in [3.63, 3.8) is 0 Å². The molecule has 1 aromatic rings. The van der Waals surface area contributed by atoms with Crippen molar-refractivity contribution in [3.8, 4) is 11.5 Å². The molecule has 6 heteroatoms. The number of benzene rings is 1. The molecule has 6 nitrogen and oxygen atoms in total. The van der Waals surface area contributed by atoms with Crippen LogP contribution in [-0.4, -0.2) is 48.2 Å². The number of likely N-dealkylation sites (tertiary alicyclic amines) is 1. The highest BCUT2D eigenvalue weighted by Gasteiger charge is 2.33. The number of ether oxygens (including phenoxy) is 2. The molecule has 0 saturated carbocycles. The van der Waals surface area contributed by atoms with Crippen LogP contribution in [0, 0.1) is 0 Å². The van der Waals surface area contributed by atoms with Crippen LogP contribution in [0.4, 0.5) is 0 Å². The molecule has 1 saturated heterocycles. The van der Waals surface area contributed by atoms with Crippen molar-refractivity contribution in [3.05, 3.63) is 24.3 Å². The number of carbonyl (C=O) groups excluding carboxylic acids is 1. The van der Waals surface area contributed by atoms with Crippen LogP contribution in [0.1, 0.15) is 12.8 Å². The molecule has 20 heavy (non-hydrogen) atoms. The number of nitrogens with zero attached hydrogens (tertiary/aromatic N) is 1. The van der Waals surface area contributed by atoms with Gasteiger partial charge in [-0.2, -0.15) is 0 Å². The zero-order valence-corrected chi connectivity index (χ0v) is 11.2. The van der Waals surface area contributed by atoms with E-state index in [9.17, 15) is 9.59 Å². The Bertz CT molecular complexity index is 502. The molecule has 0 aromatic heterocycles. The van der Waals surface area contributed by atoms with Crippen molar-refractivity contribution in [1.29, 1.82) is 0 Å². The second kappa shape index (κ2) is 6.27. The molecule has 1 aromatic carbocycles. The molecule has 108 valence electrons. The second-order valence-corrected chi connectivity index (χ2v) is 4.52. The number of carbonyl (C=O) groups is 2. The van der Waals surface area contributed by atoms with E-state index in [1.807, 2.05) is 0 Å². The van der Waals surface area contributed by atoms with Crippen molar-refractivity contribution in [1.82, 2.24) is 4.90 Å². The van der Waals surface area contributed by atoms with Gasteiger partial charge in [-0.15, -0.1) is 0 Å². The van der Waals surface area contributed by atoms with Gasteiger partial charge in [-0.3, -0.25) is 4.79 Å². The Morgan fingerprint density at radius 1 is 1.35 bits per heavy atom. The Morgan fingerprint density at radius 3 is 2.70 bits per heavy atom. The van der Waals surface area contributed by atoms with Crippen molar-refractivity contribution >= 4 is 11.9 Å². The molecule has 2 rings (SSSR count). The summed E-state index contributed by atoms with van der Waals surface area (Å²) in [5, 5.41) is 9.05. The predicted octanol–water partition coefficient (Wildman–Crippen LogP) is 1.15. The molecule has 0 unspecified atom stereocenters. The summed E-state index contributed by atoms with van der Waals surface area (Å²) in [6.45, 7) is 0.273. The Kier molecular flexibility index (Phi) is 4.45. The lowest BCUT2D eigenvalue weighted by molar-refractivity contribution is -0.149. The first kappa shape index (κ1) is 14.2. The molecule has 0 radical (unpaired) electrons. The maximum Gasteiger partial charge on any atom is 0.326 e. The van der Waals surface area contributed by atoms with Crippen molar-refractivity contribution < 1.29 is 24.2 Å². The summed E-state index contributed by atoms with van der Waals surface area (Å²) in [4.78, 5) is 24.4. The summed E-state index contributed by atoms with van der Waals surface area (Å²) in [6, 6.07) is 6.27. The number of aliphatic carboxylic acids is 1. The van der Waals surface area contributed by atoms with Gasteiger partial charge in [0.2, 0.25) is 0 Å². The van der Waals surface area contributed by atoms with Crippen molar-refractivity contribution in [2.45, 2.75) is 18.9 Å². The quantitative estimate of drug-likeness (QED) is 0.875. The van der Waals surface area contributed by atoms with E-state index in [0.717, 1.165) is 0 Å². The molecule has 0 bridgehead atoms. The summed E-state index contributed by atoms with van der Waals surface area (Å²) in [7, 11) is 1.52. The van der Waals surface area contributed by atoms with Crippen LogP contribution in [0.2, 0.25) is 0 Å². The van der Waals surface area contributed by atoms with Crippen LogP contribution in [0.15, 0.2) is 24.3 Å². The number of methoxy groups -OCH3 is 1. The van der Waals surface area contributed by atoms with Gasteiger partial charge in [0.05, 0.1) is 7.11 Å². The molecule has 1 atom stereocenters. The molecule has 1 heterocycles. The molecule has 1 N–H and O–H groups in total. The average Bonchev–Trinajstić information content (AvgIpc) is 2.94. The van der Waals surface area contributed by atoms with Crippen LogP contribution in [0.25, 0.3) is 0 Å². The SMILES string of the molecule is COc1ccccc1OCC(=O)N1CCC[C@@H]1C(=O)O. The third-order valence-electron chi connectivity index (χ3n) is 3.28. The maximum atomic E-state index is 12.0. The second-order valence-electron chi connectivity index (χ2n) is 4.52. The lowest BCUT2D eigenvalue weighted by atomic mass is 10.2. The Hall–Kier alpha value is -2.24. The summed E-state index contributed by atoms with van der Waals surface area (Å²) in [5.41, 5.74) is 0. The van der Waals surface area contributed by atoms with Crippen LogP contribution in [-0.2, 0) is 9.59 Å². The molecule has 0 spiro atoms. The topological polar surface area (TPSA) is 76.1 Å². The van der Waals surface area contributed by atoms with Gasteiger partial charge in [-0.1, -0.05) is 12.1 Å². The van der Waals surface area contributed by atoms with Crippen LogP contribution >= 0.6 is 0 Å². The largest absolute Gasteiger partial charge is 0.493 e. The van der Waals surface area contributed by atoms with Gasteiger partial charge >= 0.3 is 5.97 Å². The van der Waals surface area contributed by atoms with Crippen LogP contribution < -0.4 is 9.47 Å². The lowest BCUT2D eigenvalue weighted by Crippen LogP contribution is -2.42. The zero-order chi connectivity index (χ0) is 14.5. The Labute approximate surface area is 116 Å². The van der Waals surface area contributed by atoms with Crippen molar-refractivity contribution in [2.75, 3.05) is 20.3 Å². The first-order valence-corrected chi connectivity index (χ1v) is 6.41. The molecular formula is C14H17NO5. The molecule has 0 aliphatic carbocycles. The predicted molar refractivity (Wildman–Crippen MR) is 70.9 cm³/mol. The van der Waals surface area contributed by atoms with Gasteiger partial charge < -0.3 is 19.5 Å². The fourth-order valence-electron chi connectivity index (χ4n) is 2.28. The lowest BCUT2D eigenvalue weighted by Gasteiger charge is -2.21. The molecule has 1 aliphatic rings. The highest BCUT2D eigenvalue weighted by molar-refractivity contribution is 5.85. The van der Waals surface area contributed by atoms with E-state index in [-0.39, 0.29) is 12.5 Å². The fourth-order valence-corrected chi connectivity index (χ4v) is 2.28. The Morgan fingerprint density at radius 2 is 2.05 bits per heavy atom. The summed E-state index contributed by atoms with van der Waals surface area (Å²) >= 11 is 0. The van der Waals surface area contributed by atoms with E-state index in [1.165, 1.54) is 12.0 Å². The van der Waals surface area contributed by atoms with Gasteiger partial charge in [-0.05, 0) is 25.0 Å². The molecule has 1 aliphatic heterocycles. The number of hydrogen-bond donors (Lipinski definition) is 1. The smallest absolute Gasteiger partial charge is 0.326 e. The van der Waals surface area contributed by atoms with E-state index < -0.39 is 12.0 Å². The highest BCUT2D eigenvalue weighted by atomic mass is 16.5. The van der Waals surface area contributed by atoms with Crippen molar-refractivity contribution in [2.24, 2.45) is 0 Å².